The molecule has 1 N–H and O–H groups in total. The minimum absolute atomic E-state index is 0.182. The van der Waals surface area contributed by atoms with Gasteiger partial charge in [-0.15, -0.1) is 0 Å². The van der Waals surface area contributed by atoms with E-state index in [1.807, 2.05) is 24.3 Å². The fraction of sp³-hybridized carbons (Fsp3) is 0.167. The third kappa shape index (κ3) is 2.27. The van der Waals surface area contributed by atoms with Crippen molar-refractivity contribution in [3.05, 3.63) is 62.8 Å². The van der Waals surface area contributed by atoms with Crippen LogP contribution in [-0.2, 0) is 9.53 Å². The Balaban J connectivity index is 1.75. The summed E-state index contributed by atoms with van der Waals surface area (Å²) in [5.74, 6) is 0.636. The van der Waals surface area contributed by atoms with Gasteiger partial charge in [-0.3, -0.25) is 0 Å². The maximum atomic E-state index is 12.4. The number of anilines is 1. The second kappa shape index (κ2) is 5.31. The van der Waals surface area contributed by atoms with E-state index in [2.05, 4.69) is 5.32 Å². The number of hydrogen-bond acceptors (Lipinski definition) is 5. The molecule has 0 aliphatic carbocycles. The molecule has 5 rings (SSSR count). The maximum Gasteiger partial charge on any atom is 0.337 e. The number of carbonyl (C=O) groups excluding carboxylic acids is 1. The smallest absolute Gasteiger partial charge is 0.337 e. The molecule has 126 valence electrons. The summed E-state index contributed by atoms with van der Waals surface area (Å²) < 4.78 is 16.2. The highest BCUT2D eigenvalue weighted by Gasteiger charge is 2.39. The lowest BCUT2D eigenvalue weighted by molar-refractivity contribution is -0.136. The molecule has 0 saturated heterocycles. The number of ether oxygens (including phenoxy) is 3. The molecule has 7 heteroatoms. The SMILES string of the molecule is O=C1OCC2=C1C(c1cc(Cl)cc(Cl)c1)c1cc3c(cc1N2)OCO3. The molecule has 0 spiro atoms. The lowest BCUT2D eigenvalue weighted by Crippen LogP contribution is -2.19. The molecule has 0 amide bonds. The minimum Gasteiger partial charge on any atom is -0.456 e. The predicted octanol–water partition coefficient (Wildman–Crippen LogP) is 4.09. The zero-order valence-electron chi connectivity index (χ0n) is 12.8. The van der Waals surface area contributed by atoms with Crippen LogP contribution in [0.15, 0.2) is 41.6 Å². The first-order valence-electron chi connectivity index (χ1n) is 7.67. The quantitative estimate of drug-likeness (QED) is 0.760. The number of nitrogens with one attached hydrogen (secondary N) is 1. The summed E-state index contributed by atoms with van der Waals surface area (Å²) in [4.78, 5) is 12.4. The molecule has 25 heavy (non-hydrogen) atoms. The average molecular weight is 376 g/mol. The first-order chi connectivity index (χ1) is 12.1. The van der Waals surface area contributed by atoms with Crippen LogP contribution in [0.4, 0.5) is 5.69 Å². The molecule has 1 unspecified atom stereocenters. The molecule has 3 aliphatic heterocycles. The van der Waals surface area contributed by atoms with E-state index in [-0.39, 0.29) is 25.3 Å². The van der Waals surface area contributed by atoms with E-state index in [1.165, 1.54) is 0 Å². The molecule has 0 saturated carbocycles. The van der Waals surface area contributed by atoms with Gasteiger partial charge in [-0.25, -0.2) is 4.79 Å². The van der Waals surface area contributed by atoms with Crippen LogP contribution in [-0.4, -0.2) is 19.4 Å². The van der Waals surface area contributed by atoms with Crippen LogP contribution in [0.5, 0.6) is 11.5 Å². The Morgan fingerprint density at radius 1 is 0.960 bits per heavy atom. The first-order valence-corrected chi connectivity index (χ1v) is 8.42. The number of fused-ring (bicyclic) bond motifs is 2. The molecule has 1 atom stereocenters. The molecule has 3 aliphatic rings. The number of benzene rings is 2. The Morgan fingerprint density at radius 2 is 1.68 bits per heavy atom. The van der Waals surface area contributed by atoms with Gasteiger partial charge in [0.25, 0.3) is 0 Å². The lowest BCUT2D eigenvalue weighted by atomic mass is 9.81. The third-order valence-corrected chi connectivity index (χ3v) is 4.98. The van der Waals surface area contributed by atoms with Gasteiger partial charge < -0.3 is 19.5 Å². The monoisotopic (exact) mass is 375 g/mol. The fourth-order valence-corrected chi connectivity index (χ4v) is 4.07. The molecule has 0 bridgehead atoms. The molecular formula is C18H11Cl2NO4. The minimum atomic E-state index is -0.341. The summed E-state index contributed by atoms with van der Waals surface area (Å²) in [6.45, 7) is 0.397. The van der Waals surface area contributed by atoms with Crippen molar-refractivity contribution in [2.75, 3.05) is 18.7 Å². The van der Waals surface area contributed by atoms with Crippen LogP contribution in [0.3, 0.4) is 0 Å². The van der Waals surface area contributed by atoms with Gasteiger partial charge in [-0.1, -0.05) is 23.2 Å². The number of carbonyl (C=O) groups is 1. The Morgan fingerprint density at radius 3 is 2.44 bits per heavy atom. The van der Waals surface area contributed by atoms with Gasteiger partial charge >= 0.3 is 5.97 Å². The number of rotatable bonds is 1. The van der Waals surface area contributed by atoms with E-state index in [4.69, 9.17) is 37.4 Å². The number of esters is 1. The highest BCUT2D eigenvalue weighted by Crippen LogP contribution is 2.49. The van der Waals surface area contributed by atoms with Gasteiger partial charge in [0, 0.05) is 27.7 Å². The zero-order valence-corrected chi connectivity index (χ0v) is 14.3. The van der Waals surface area contributed by atoms with E-state index >= 15 is 0 Å². The fourth-order valence-electron chi connectivity index (χ4n) is 3.52. The summed E-state index contributed by atoms with van der Waals surface area (Å²) in [5, 5.41) is 4.30. The van der Waals surface area contributed by atoms with Crippen LogP contribution < -0.4 is 14.8 Å². The lowest BCUT2D eigenvalue weighted by Gasteiger charge is -2.27. The molecule has 0 radical (unpaired) electrons. The van der Waals surface area contributed by atoms with E-state index in [9.17, 15) is 4.79 Å². The molecule has 5 nitrogen and oxygen atoms in total. The summed E-state index contributed by atoms with van der Waals surface area (Å²) in [6, 6.07) is 9.06. The largest absolute Gasteiger partial charge is 0.456 e. The summed E-state index contributed by atoms with van der Waals surface area (Å²) in [5.41, 5.74) is 3.88. The predicted molar refractivity (Wildman–Crippen MR) is 92.5 cm³/mol. The molecular weight excluding hydrogens is 365 g/mol. The molecule has 3 heterocycles. The molecule has 2 aromatic rings. The van der Waals surface area contributed by atoms with Gasteiger partial charge in [0.1, 0.15) is 6.61 Å². The van der Waals surface area contributed by atoms with Crippen LogP contribution in [0.1, 0.15) is 17.0 Å². The second-order valence-corrected chi connectivity index (χ2v) is 6.89. The third-order valence-electron chi connectivity index (χ3n) is 4.54. The highest BCUT2D eigenvalue weighted by molar-refractivity contribution is 6.34. The normalized spacial score (nSPS) is 20.1. The van der Waals surface area contributed by atoms with Crippen LogP contribution >= 0.6 is 23.2 Å². The van der Waals surface area contributed by atoms with Crippen molar-refractivity contribution in [3.63, 3.8) is 0 Å². The van der Waals surface area contributed by atoms with E-state index in [0.717, 1.165) is 22.5 Å². The van der Waals surface area contributed by atoms with Crippen molar-refractivity contribution in [2.24, 2.45) is 0 Å². The van der Waals surface area contributed by atoms with Crippen LogP contribution in [0.2, 0.25) is 10.0 Å². The summed E-state index contributed by atoms with van der Waals surface area (Å²) in [7, 11) is 0. The number of cyclic esters (lactones) is 1. The van der Waals surface area contributed by atoms with Crippen LogP contribution in [0.25, 0.3) is 0 Å². The highest BCUT2D eigenvalue weighted by atomic mass is 35.5. The topological polar surface area (TPSA) is 56.8 Å². The van der Waals surface area contributed by atoms with Crippen molar-refractivity contribution in [2.45, 2.75) is 5.92 Å². The van der Waals surface area contributed by atoms with E-state index in [0.29, 0.717) is 27.1 Å². The van der Waals surface area contributed by atoms with Crippen molar-refractivity contribution < 1.29 is 19.0 Å². The van der Waals surface area contributed by atoms with Crippen molar-refractivity contribution in [1.29, 1.82) is 0 Å². The van der Waals surface area contributed by atoms with Crippen LogP contribution in [0, 0.1) is 0 Å². The Hall–Kier alpha value is -2.37. The standard InChI is InChI=1S/C18H11Cl2NO4/c19-9-1-8(2-10(20)3-9)16-11-4-14-15(25-7-24-14)5-12(11)21-13-6-23-18(22)17(13)16/h1-5,16,21H,6-7H2. The molecule has 0 fully saturated rings. The van der Waals surface area contributed by atoms with Gasteiger partial charge in [0.05, 0.1) is 11.3 Å². The summed E-state index contributed by atoms with van der Waals surface area (Å²) >= 11 is 12.4. The second-order valence-electron chi connectivity index (χ2n) is 6.02. The number of halogens is 2. The van der Waals surface area contributed by atoms with Gasteiger partial charge in [-0.2, -0.15) is 0 Å². The van der Waals surface area contributed by atoms with E-state index < -0.39 is 0 Å². The average Bonchev–Trinajstić information content (AvgIpc) is 3.16. The van der Waals surface area contributed by atoms with Gasteiger partial charge in [0.15, 0.2) is 11.5 Å². The molecule has 0 aromatic heterocycles. The Labute approximate surface area is 153 Å². The maximum absolute atomic E-state index is 12.4. The number of hydrogen-bond donors (Lipinski definition) is 1. The molecule has 2 aromatic carbocycles. The van der Waals surface area contributed by atoms with Gasteiger partial charge in [-0.05, 0) is 35.4 Å². The Bertz CT molecular complexity index is 950. The van der Waals surface area contributed by atoms with Crippen molar-refractivity contribution in [3.8, 4) is 11.5 Å². The van der Waals surface area contributed by atoms with Crippen molar-refractivity contribution in [1.82, 2.24) is 0 Å². The zero-order chi connectivity index (χ0) is 17.1. The van der Waals surface area contributed by atoms with E-state index in [1.54, 1.807) is 6.07 Å². The summed E-state index contributed by atoms with van der Waals surface area (Å²) in [6.07, 6.45) is 0. The van der Waals surface area contributed by atoms with Crippen molar-refractivity contribution >= 4 is 34.9 Å². The van der Waals surface area contributed by atoms with Gasteiger partial charge in [0.2, 0.25) is 6.79 Å². The Kier molecular flexibility index (Phi) is 3.17. The first kappa shape index (κ1) is 14.9.